The van der Waals surface area contributed by atoms with Crippen molar-refractivity contribution in [2.45, 2.75) is 23.8 Å². The van der Waals surface area contributed by atoms with Crippen molar-refractivity contribution in [2.75, 3.05) is 31.1 Å². The van der Waals surface area contributed by atoms with Crippen LogP contribution >= 0.6 is 11.8 Å². The molecule has 0 unspecified atom stereocenters. The Hall–Kier alpha value is -3.39. The monoisotopic (exact) mass is 448 g/mol. The highest BCUT2D eigenvalue weighted by Gasteiger charge is 2.25. The van der Waals surface area contributed by atoms with Crippen LogP contribution < -0.4 is 4.90 Å². The number of nitrogens with zero attached hydrogens (tertiary/aromatic N) is 4. The Morgan fingerprint density at radius 2 is 1.75 bits per heavy atom. The number of rotatable bonds is 5. The van der Waals surface area contributed by atoms with E-state index in [1.54, 1.807) is 24.4 Å². The molecule has 7 nitrogen and oxygen atoms in total. The Bertz CT molecular complexity index is 1140. The average molecular weight is 449 g/mol. The Kier molecular flexibility index (Phi) is 6.41. The first-order valence-electron chi connectivity index (χ1n) is 10.4. The van der Waals surface area contributed by atoms with Crippen LogP contribution in [-0.2, 0) is 0 Å². The molecule has 1 aliphatic heterocycles. The molecule has 0 spiro atoms. The van der Waals surface area contributed by atoms with Crippen LogP contribution in [0.15, 0.2) is 70.7 Å². The van der Waals surface area contributed by atoms with Crippen LogP contribution in [0.2, 0.25) is 0 Å². The van der Waals surface area contributed by atoms with Crippen LogP contribution in [-0.4, -0.2) is 46.9 Å². The highest BCUT2D eigenvalue weighted by atomic mass is 32.2. The second-order valence-corrected chi connectivity index (χ2v) is 8.81. The number of non-ortho nitro benzene ring substituents is 1. The number of nitro benzene ring substituents is 1. The molecule has 0 bridgehead atoms. The summed E-state index contributed by atoms with van der Waals surface area (Å²) in [6.07, 6.45) is 1.72. The summed E-state index contributed by atoms with van der Waals surface area (Å²) >= 11 is 1.52. The third kappa shape index (κ3) is 4.75. The van der Waals surface area contributed by atoms with Gasteiger partial charge in [-0.3, -0.25) is 14.9 Å². The number of benzene rings is 2. The lowest BCUT2D eigenvalue weighted by molar-refractivity contribution is -0.384. The molecule has 8 heteroatoms. The second-order valence-electron chi connectivity index (χ2n) is 7.78. The van der Waals surface area contributed by atoms with Gasteiger partial charge in [0.05, 0.1) is 10.5 Å². The van der Waals surface area contributed by atoms with E-state index in [2.05, 4.69) is 41.9 Å². The predicted molar refractivity (Wildman–Crippen MR) is 125 cm³/mol. The molecule has 3 aromatic rings. The number of piperazine rings is 1. The molecule has 0 radical (unpaired) electrons. The number of pyridine rings is 1. The Morgan fingerprint density at radius 1 is 1.03 bits per heavy atom. The summed E-state index contributed by atoms with van der Waals surface area (Å²) in [7, 11) is 0. The van der Waals surface area contributed by atoms with Crippen molar-refractivity contribution >= 4 is 29.0 Å². The SMILES string of the molecule is Cc1ccc(C)c(Sc2ncccc2C(=O)N2CCN(c3ccc([N+](=O)[O-])cc3)CC2)c1. The molecule has 0 N–H and O–H groups in total. The van der Waals surface area contributed by atoms with Crippen molar-refractivity contribution in [3.05, 3.63) is 87.6 Å². The molecule has 164 valence electrons. The first-order chi connectivity index (χ1) is 15.4. The first kappa shape index (κ1) is 21.8. The van der Waals surface area contributed by atoms with Crippen LogP contribution in [0.4, 0.5) is 11.4 Å². The standard InChI is InChI=1S/C24H24N4O3S/c1-17-5-6-18(2)22(16-17)32-23-21(4-3-11-25-23)24(29)27-14-12-26(13-15-27)19-7-9-20(10-8-19)28(30)31/h3-11,16H,12-15H2,1-2H3. The third-order valence-corrected chi connectivity index (χ3v) is 6.72. The van der Waals surface area contributed by atoms with Crippen LogP contribution in [0.3, 0.4) is 0 Å². The van der Waals surface area contributed by atoms with Gasteiger partial charge in [-0.05, 0) is 55.3 Å². The number of hydrogen-bond acceptors (Lipinski definition) is 6. The van der Waals surface area contributed by atoms with Gasteiger partial charge < -0.3 is 9.80 Å². The van der Waals surface area contributed by atoms with Crippen molar-refractivity contribution in [3.63, 3.8) is 0 Å². The summed E-state index contributed by atoms with van der Waals surface area (Å²) in [5.41, 5.74) is 3.94. The maximum absolute atomic E-state index is 13.3. The minimum absolute atomic E-state index is 0.0192. The number of aromatic nitrogens is 1. The van der Waals surface area contributed by atoms with Gasteiger partial charge in [-0.2, -0.15) is 0 Å². The van der Waals surface area contributed by atoms with Crippen molar-refractivity contribution in [1.82, 2.24) is 9.88 Å². The van der Waals surface area contributed by atoms with Gasteiger partial charge in [0.2, 0.25) is 0 Å². The number of nitro groups is 1. The number of carbonyl (C=O) groups is 1. The summed E-state index contributed by atoms with van der Waals surface area (Å²) in [5.74, 6) is -0.0192. The van der Waals surface area contributed by atoms with Gasteiger partial charge >= 0.3 is 0 Å². The highest BCUT2D eigenvalue weighted by Crippen LogP contribution is 2.32. The quantitative estimate of drug-likeness (QED) is 0.415. The molecule has 32 heavy (non-hydrogen) atoms. The lowest BCUT2D eigenvalue weighted by Gasteiger charge is -2.36. The smallest absolute Gasteiger partial charge is 0.269 e. The van der Waals surface area contributed by atoms with Gasteiger partial charge in [-0.1, -0.05) is 23.9 Å². The lowest BCUT2D eigenvalue weighted by atomic mass is 10.2. The molecular weight excluding hydrogens is 424 g/mol. The number of anilines is 1. The molecule has 4 rings (SSSR count). The van der Waals surface area contributed by atoms with Crippen LogP contribution in [0.1, 0.15) is 21.5 Å². The molecule has 1 aromatic heterocycles. The molecule has 1 saturated heterocycles. The maximum atomic E-state index is 13.3. The fourth-order valence-electron chi connectivity index (χ4n) is 3.68. The minimum atomic E-state index is -0.401. The third-order valence-electron chi connectivity index (χ3n) is 5.54. The predicted octanol–water partition coefficient (Wildman–Crippen LogP) is 4.72. The van der Waals surface area contributed by atoms with E-state index in [1.165, 1.54) is 29.5 Å². The summed E-state index contributed by atoms with van der Waals surface area (Å²) in [6.45, 7) is 6.62. The van der Waals surface area contributed by atoms with Gasteiger partial charge in [0.25, 0.3) is 11.6 Å². The Morgan fingerprint density at radius 3 is 2.44 bits per heavy atom. The number of aryl methyl sites for hydroxylation is 2. The average Bonchev–Trinajstić information content (AvgIpc) is 2.81. The van der Waals surface area contributed by atoms with Crippen molar-refractivity contribution in [1.29, 1.82) is 0 Å². The summed E-state index contributed by atoms with van der Waals surface area (Å²) < 4.78 is 0. The summed E-state index contributed by atoms with van der Waals surface area (Å²) in [4.78, 5) is 33.4. The van der Waals surface area contributed by atoms with E-state index in [0.29, 0.717) is 36.8 Å². The first-order valence-corrected chi connectivity index (χ1v) is 11.2. The zero-order valence-corrected chi connectivity index (χ0v) is 18.8. The largest absolute Gasteiger partial charge is 0.368 e. The summed E-state index contributed by atoms with van der Waals surface area (Å²) in [5, 5.41) is 11.6. The fraction of sp³-hybridized carbons (Fsp3) is 0.250. The van der Waals surface area contributed by atoms with Crippen molar-refractivity contribution in [2.24, 2.45) is 0 Å². The molecule has 2 aromatic carbocycles. The van der Waals surface area contributed by atoms with Gasteiger partial charge in [-0.15, -0.1) is 0 Å². The highest BCUT2D eigenvalue weighted by molar-refractivity contribution is 7.99. The molecule has 2 heterocycles. The van der Waals surface area contributed by atoms with E-state index in [1.807, 2.05) is 11.0 Å². The molecule has 0 atom stereocenters. The number of amides is 1. The Balaban J connectivity index is 1.45. The topological polar surface area (TPSA) is 79.6 Å². The van der Waals surface area contributed by atoms with E-state index >= 15 is 0 Å². The van der Waals surface area contributed by atoms with E-state index in [0.717, 1.165) is 16.1 Å². The van der Waals surface area contributed by atoms with E-state index in [9.17, 15) is 14.9 Å². The van der Waals surface area contributed by atoms with Crippen molar-refractivity contribution < 1.29 is 9.72 Å². The second kappa shape index (κ2) is 9.40. The van der Waals surface area contributed by atoms with Crippen LogP contribution in [0.25, 0.3) is 0 Å². The molecule has 1 aliphatic rings. The summed E-state index contributed by atoms with van der Waals surface area (Å²) in [6, 6.07) is 16.5. The van der Waals surface area contributed by atoms with E-state index in [4.69, 9.17) is 0 Å². The molecular formula is C24H24N4O3S. The minimum Gasteiger partial charge on any atom is -0.368 e. The van der Waals surface area contributed by atoms with Crippen molar-refractivity contribution in [3.8, 4) is 0 Å². The van der Waals surface area contributed by atoms with Gasteiger partial charge in [0.15, 0.2) is 0 Å². The molecule has 1 fully saturated rings. The van der Waals surface area contributed by atoms with Crippen LogP contribution in [0, 0.1) is 24.0 Å². The Labute approximate surface area is 191 Å². The normalized spacial score (nSPS) is 13.8. The van der Waals surface area contributed by atoms with E-state index in [-0.39, 0.29) is 11.6 Å². The zero-order chi connectivity index (χ0) is 22.7. The maximum Gasteiger partial charge on any atom is 0.269 e. The number of carbonyl (C=O) groups excluding carboxylic acids is 1. The zero-order valence-electron chi connectivity index (χ0n) is 18.0. The van der Waals surface area contributed by atoms with Gasteiger partial charge in [0.1, 0.15) is 5.03 Å². The van der Waals surface area contributed by atoms with E-state index < -0.39 is 4.92 Å². The molecule has 0 saturated carbocycles. The molecule has 1 amide bonds. The fourth-order valence-corrected chi connectivity index (χ4v) is 4.74. The van der Waals surface area contributed by atoms with Gasteiger partial charge in [-0.25, -0.2) is 4.98 Å². The molecule has 0 aliphatic carbocycles. The van der Waals surface area contributed by atoms with Gasteiger partial charge in [0, 0.05) is 55.1 Å². The van der Waals surface area contributed by atoms with Crippen LogP contribution in [0.5, 0.6) is 0 Å². The lowest BCUT2D eigenvalue weighted by Crippen LogP contribution is -2.48. The number of hydrogen-bond donors (Lipinski definition) is 0.